The lowest BCUT2D eigenvalue weighted by Gasteiger charge is -2.18. The van der Waals surface area contributed by atoms with Crippen LogP contribution in [0, 0.1) is 12.3 Å². The van der Waals surface area contributed by atoms with E-state index in [1.807, 2.05) is 0 Å². The van der Waals surface area contributed by atoms with Crippen LogP contribution in [0.2, 0.25) is 0 Å². The van der Waals surface area contributed by atoms with Crippen molar-refractivity contribution in [2.45, 2.75) is 37.9 Å². The highest BCUT2D eigenvalue weighted by Crippen LogP contribution is 2.29. The number of aliphatic hydroxyl groups is 2. The van der Waals surface area contributed by atoms with E-state index in [2.05, 4.69) is 5.92 Å². The van der Waals surface area contributed by atoms with Gasteiger partial charge in [-0.3, -0.25) is 0 Å². The number of ether oxygens (including phenoxy) is 2. The van der Waals surface area contributed by atoms with Crippen molar-refractivity contribution in [2.75, 3.05) is 6.61 Å². The number of aliphatic hydroxyl groups excluding tert-OH is 2. The summed E-state index contributed by atoms with van der Waals surface area (Å²) in [5.41, 5.74) is 0. The van der Waals surface area contributed by atoms with E-state index in [4.69, 9.17) is 21.0 Å². The molecule has 1 aliphatic rings. The zero-order chi connectivity index (χ0) is 10.1. The van der Waals surface area contributed by atoms with Crippen LogP contribution in [-0.2, 0) is 9.47 Å². The molecule has 0 spiro atoms. The molecule has 1 aliphatic heterocycles. The molecule has 0 aliphatic carbocycles. The number of terminal acetylenes is 1. The lowest BCUT2D eigenvalue weighted by molar-refractivity contribution is -0.155. The van der Waals surface area contributed by atoms with Crippen molar-refractivity contribution in [3.05, 3.63) is 0 Å². The molecule has 2 N–H and O–H groups in total. The van der Waals surface area contributed by atoms with E-state index in [0.29, 0.717) is 0 Å². The van der Waals surface area contributed by atoms with Gasteiger partial charge in [0.2, 0.25) is 0 Å². The smallest absolute Gasteiger partial charge is 0.165 e. The van der Waals surface area contributed by atoms with E-state index < -0.39 is 24.1 Å². The fourth-order valence-electron chi connectivity index (χ4n) is 1.30. The Morgan fingerprint density at radius 3 is 2.62 bits per heavy atom. The molecule has 1 heterocycles. The van der Waals surface area contributed by atoms with E-state index in [1.54, 1.807) is 13.8 Å². The third kappa shape index (κ3) is 2.20. The van der Waals surface area contributed by atoms with Crippen LogP contribution < -0.4 is 0 Å². The summed E-state index contributed by atoms with van der Waals surface area (Å²) in [5.74, 6) is 1.57. The lowest BCUT2D eigenvalue weighted by atomic mass is 10.1. The van der Waals surface area contributed by atoms with Gasteiger partial charge in [0.15, 0.2) is 5.79 Å². The maximum atomic E-state index is 9.34. The normalized spacial score (nSPS) is 34.1. The van der Waals surface area contributed by atoms with Crippen LogP contribution in [0.3, 0.4) is 0 Å². The lowest BCUT2D eigenvalue weighted by Crippen LogP contribution is -2.37. The SMILES string of the molecule is C#C[C@H]1OC(C)(C)O[C@@H]1[C@H](O)CO. The average molecular weight is 186 g/mol. The minimum Gasteiger partial charge on any atom is -0.394 e. The van der Waals surface area contributed by atoms with Crippen LogP contribution in [0.4, 0.5) is 0 Å². The van der Waals surface area contributed by atoms with E-state index in [9.17, 15) is 5.11 Å². The second kappa shape index (κ2) is 3.64. The van der Waals surface area contributed by atoms with Crippen LogP contribution in [0.5, 0.6) is 0 Å². The van der Waals surface area contributed by atoms with Gasteiger partial charge in [-0.15, -0.1) is 6.42 Å². The number of rotatable bonds is 2. The number of hydrogen-bond acceptors (Lipinski definition) is 4. The zero-order valence-electron chi connectivity index (χ0n) is 7.73. The molecule has 0 aromatic carbocycles. The number of hydrogen-bond donors (Lipinski definition) is 2. The molecule has 74 valence electrons. The van der Waals surface area contributed by atoms with Crippen molar-refractivity contribution in [2.24, 2.45) is 0 Å². The van der Waals surface area contributed by atoms with Gasteiger partial charge in [-0.2, -0.15) is 0 Å². The minimum atomic E-state index is -0.997. The van der Waals surface area contributed by atoms with Gasteiger partial charge < -0.3 is 19.7 Å². The van der Waals surface area contributed by atoms with E-state index in [-0.39, 0.29) is 6.61 Å². The Kier molecular flexibility index (Phi) is 2.94. The van der Waals surface area contributed by atoms with Crippen molar-refractivity contribution in [3.63, 3.8) is 0 Å². The Morgan fingerprint density at radius 1 is 1.54 bits per heavy atom. The molecule has 0 aromatic rings. The third-order valence-electron chi connectivity index (χ3n) is 1.86. The average Bonchev–Trinajstić information content (AvgIpc) is 2.39. The molecule has 4 nitrogen and oxygen atoms in total. The minimum absolute atomic E-state index is 0.387. The molecule has 3 atom stereocenters. The van der Waals surface area contributed by atoms with Gasteiger partial charge in [-0.25, -0.2) is 0 Å². The van der Waals surface area contributed by atoms with Crippen LogP contribution in [0.1, 0.15) is 13.8 Å². The van der Waals surface area contributed by atoms with Crippen LogP contribution in [-0.4, -0.2) is 40.9 Å². The quantitative estimate of drug-likeness (QED) is 0.570. The summed E-state index contributed by atoms with van der Waals surface area (Å²) in [7, 11) is 0. The summed E-state index contributed by atoms with van der Waals surface area (Å²) >= 11 is 0. The first kappa shape index (κ1) is 10.5. The Bertz CT molecular complexity index is 218. The standard InChI is InChI=1S/C9H14O4/c1-4-7-8(6(11)5-10)13-9(2,3)12-7/h1,6-8,10-11H,5H2,2-3H3/t6-,7-,8-/m1/s1. The van der Waals surface area contributed by atoms with Crippen molar-refractivity contribution in [3.8, 4) is 12.3 Å². The van der Waals surface area contributed by atoms with Crippen molar-refractivity contribution < 1.29 is 19.7 Å². The Morgan fingerprint density at radius 2 is 2.15 bits per heavy atom. The maximum absolute atomic E-state index is 9.34. The van der Waals surface area contributed by atoms with E-state index >= 15 is 0 Å². The van der Waals surface area contributed by atoms with Crippen LogP contribution in [0.25, 0.3) is 0 Å². The molecule has 13 heavy (non-hydrogen) atoms. The predicted octanol–water partition coefficient (Wildman–Crippen LogP) is -0.507. The van der Waals surface area contributed by atoms with Gasteiger partial charge in [-0.1, -0.05) is 5.92 Å². The van der Waals surface area contributed by atoms with Gasteiger partial charge in [-0.05, 0) is 13.8 Å². The Balaban J connectivity index is 2.70. The molecule has 0 bridgehead atoms. The highest BCUT2D eigenvalue weighted by atomic mass is 16.8. The molecule has 0 radical (unpaired) electrons. The summed E-state index contributed by atoms with van der Waals surface area (Å²) in [6.45, 7) is 3.03. The van der Waals surface area contributed by atoms with E-state index in [1.165, 1.54) is 0 Å². The van der Waals surface area contributed by atoms with E-state index in [0.717, 1.165) is 0 Å². The molecule has 1 fully saturated rings. The van der Waals surface area contributed by atoms with Gasteiger partial charge in [0.1, 0.15) is 18.3 Å². The summed E-state index contributed by atoms with van der Waals surface area (Å²) < 4.78 is 10.6. The molecule has 4 heteroatoms. The van der Waals surface area contributed by atoms with Gasteiger partial charge in [0.05, 0.1) is 6.61 Å². The highest BCUT2D eigenvalue weighted by molar-refractivity contribution is 5.04. The fraction of sp³-hybridized carbons (Fsp3) is 0.778. The molecular weight excluding hydrogens is 172 g/mol. The maximum Gasteiger partial charge on any atom is 0.165 e. The monoisotopic (exact) mass is 186 g/mol. The molecule has 0 amide bonds. The van der Waals surface area contributed by atoms with Gasteiger partial charge in [0.25, 0.3) is 0 Å². The van der Waals surface area contributed by atoms with Gasteiger partial charge in [0, 0.05) is 0 Å². The van der Waals surface area contributed by atoms with Crippen molar-refractivity contribution in [1.29, 1.82) is 0 Å². The molecule has 0 unspecified atom stereocenters. The third-order valence-corrected chi connectivity index (χ3v) is 1.86. The Labute approximate surface area is 77.5 Å². The first-order valence-corrected chi connectivity index (χ1v) is 4.11. The second-order valence-corrected chi connectivity index (χ2v) is 3.44. The van der Waals surface area contributed by atoms with Crippen molar-refractivity contribution >= 4 is 0 Å². The zero-order valence-corrected chi connectivity index (χ0v) is 7.73. The van der Waals surface area contributed by atoms with Crippen LogP contribution >= 0.6 is 0 Å². The topological polar surface area (TPSA) is 58.9 Å². The molecular formula is C9H14O4. The molecule has 0 saturated carbocycles. The highest BCUT2D eigenvalue weighted by Gasteiger charge is 2.43. The van der Waals surface area contributed by atoms with Gasteiger partial charge >= 0.3 is 0 Å². The summed E-state index contributed by atoms with van der Waals surface area (Å²) in [4.78, 5) is 0. The predicted molar refractivity (Wildman–Crippen MR) is 45.8 cm³/mol. The second-order valence-electron chi connectivity index (χ2n) is 3.44. The fourth-order valence-corrected chi connectivity index (χ4v) is 1.30. The summed E-state index contributed by atoms with van der Waals surface area (Å²) in [6.07, 6.45) is 2.94. The first-order valence-electron chi connectivity index (χ1n) is 4.11. The Hall–Kier alpha value is -0.600. The summed E-state index contributed by atoms with van der Waals surface area (Å²) in [6, 6.07) is 0. The largest absolute Gasteiger partial charge is 0.394 e. The molecule has 1 saturated heterocycles. The van der Waals surface area contributed by atoms with Crippen molar-refractivity contribution in [1.82, 2.24) is 0 Å². The first-order chi connectivity index (χ1) is 6.00. The molecule has 1 rings (SSSR count). The molecule has 0 aromatic heterocycles. The summed E-state index contributed by atoms with van der Waals surface area (Å²) in [5, 5.41) is 18.1. The van der Waals surface area contributed by atoms with Crippen LogP contribution in [0.15, 0.2) is 0 Å².